The lowest BCUT2D eigenvalue weighted by molar-refractivity contribution is -0.384. The third-order valence-electron chi connectivity index (χ3n) is 3.41. The van der Waals surface area contributed by atoms with Gasteiger partial charge in [0.25, 0.3) is 17.5 Å². The first-order valence-corrected chi connectivity index (χ1v) is 6.97. The molecule has 0 bridgehead atoms. The summed E-state index contributed by atoms with van der Waals surface area (Å²) in [5, 5.41) is 10.5. The Kier molecular flexibility index (Phi) is 3.67. The SMILES string of the molecule is O=C1C(Cl)=C(c2ccc([N+](=O)[O-])cc2)C(=O)N1c1ccccc1. The fraction of sp³-hybridized carbons (Fsp3) is 0. The van der Waals surface area contributed by atoms with E-state index in [1.165, 1.54) is 24.3 Å². The van der Waals surface area contributed by atoms with Gasteiger partial charge in [0.1, 0.15) is 5.03 Å². The van der Waals surface area contributed by atoms with Crippen LogP contribution in [0, 0.1) is 10.1 Å². The highest BCUT2D eigenvalue weighted by Gasteiger charge is 2.39. The summed E-state index contributed by atoms with van der Waals surface area (Å²) in [4.78, 5) is 36.0. The molecular formula is C16H9ClN2O4. The maximum absolute atomic E-state index is 12.6. The smallest absolute Gasteiger partial charge is 0.268 e. The molecule has 0 saturated carbocycles. The van der Waals surface area contributed by atoms with Gasteiger partial charge in [0, 0.05) is 12.1 Å². The van der Waals surface area contributed by atoms with Crippen molar-refractivity contribution in [3.63, 3.8) is 0 Å². The summed E-state index contributed by atoms with van der Waals surface area (Å²) in [5.74, 6) is -1.17. The molecule has 0 unspecified atom stereocenters. The van der Waals surface area contributed by atoms with E-state index in [1.807, 2.05) is 0 Å². The molecular weight excluding hydrogens is 320 g/mol. The van der Waals surface area contributed by atoms with Crippen LogP contribution in [-0.2, 0) is 9.59 Å². The van der Waals surface area contributed by atoms with E-state index in [9.17, 15) is 19.7 Å². The van der Waals surface area contributed by atoms with Crippen LogP contribution >= 0.6 is 11.6 Å². The molecule has 0 radical (unpaired) electrons. The standard InChI is InChI=1S/C16H9ClN2O4/c17-14-13(10-6-8-12(9-7-10)19(22)23)15(20)18(16(14)21)11-4-2-1-3-5-11/h1-9H. The first-order chi connectivity index (χ1) is 11.0. The van der Waals surface area contributed by atoms with Crippen LogP contribution in [0.3, 0.4) is 0 Å². The van der Waals surface area contributed by atoms with Crippen molar-refractivity contribution in [2.75, 3.05) is 4.90 Å². The van der Waals surface area contributed by atoms with Crippen molar-refractivity contribution >= 4 is 40.4 Å². The second-order valence-electron chi connectivity index (χ2n) is 4.77. The van der Waals surface area contributed by atoms with E-state index in [1.54, 1.807) is 30.3 Å². The van der Waals surface area contributed by atoms with Crippen molar-refractivity contribution in [2.45, 2.75) is 0 Å². The number of halogens is 1. The monoisotopic (exact) mass is 328 g/mol. The summed E-state index contributed by atoms with van der Waals surface area (Å²) in [6.45, 7) is 0. The normalized spacial score (nSPS) is 14.6. The molecule has 3 rings (SSSR count). The number of nitro groups is 1. The lowest BCUT2D eigenvalue weighted by Gasteiger charge is -2.14. The second kappa shape index (κ2) is 5.66. The quantitative estimate of drug-likeness (QED) is 0.492. The lowest BCUT2D eigenvalue weighted by atomic mass is 10.1. The zero-order chi connectivity index (χ0) is 16.6. The molecule has 0 saturated heterocycles. The van der Waals surface area contributed by atoms with E-state index >= 15 is 0 Å². The minimum atomic E-state index is -0.615. The van der Waals surface area contributed by atoms with Gasteiger partial charge in [-0.2, -0.15) is 0 Å². The summed E-state index contributed by atoms with van der Waals surface area (Å²) in [5.41, 5.74) is 0.701. The van der Waals surface area contributed by atoms with Crippen LogP contribution in [0.2, 0.25) is 0 Å². The molecule has 7 heteroatoms. The van der Waals surface area contributed by atoms with Gasteiger partial charge in [-0.25, -0.2) is 4.90 Å². The van der Waals surface area contributed by atoms with Gasteiger partial charge in [-0.1, -0.05) is 29.8 Å². The van der Waals surface area contributed by atoms with Crippen molar-refractivity contribution in [1.82, 2.24) is 0 Å². The number of benzene rings is 2. The minimum absolute atomic E-state index is 0.0374. The summed E-state index contributed by atoms with van der Waals surface area (Å²) < 4.78 is 0. The van der Waals surface area contributed by atoms with Gasteiger partial charge >= 0.3 is 0 Å². The Bertz CT molecular complexity index is 844. The van der Waals surface area contributed by atoms with Gasteiger partial charge < -0.3 is 0 Å². The average molecular weight is 329 g/mol. The molecule has 2 aromatic rings. The molecule has 1 heterocycles. The minimum Gasteiger partial charge on any atom is -0.268 e. The number of hydrogen-bond acceptors (Lipinski definition) is 4. The zero-order valence-electron chi connectivity index (χ0n) is 11.6. The lowest BCUT2D eigenvalue weighted by Crippen LogP contribution is -2.31. The molecule has 1 aliphatic heterocycles. The van der Waals surface area contributed by atoms with E-state index < -0.39 is 16.7 Å². The highest BCUT2D eigenvalue weighted by atomic mass is 35.5. The maximum atomic E-state index is 12.6. The van der Waals surface area contributed by atoms with E-state index in [0.29, 0.717) is 11.3 Å². The summed E-state index contributed by atoms with van der Waals surface area (Å²) >= 11 is 6.04. The molecule has 0 aromatic heterocycles. The molecule has 0 fully saturated rings. The van der Waals surface area contributed by atoms with E-state index in [4.69, 9.17) is 11.6 Å². The van der Waals surface area contributed by atoms with Crippen molar-refractivity contribution in [2.24, 2.45) is 0 Å². The van der Waals surface area contributed by atoms with Gasteiger partial charge in [-0.3, -0.25) is 19.7 Å². The Morgan fingerprint density at radius 2 is 1.52 bits per heavy atom. The number of hydrogen-bond donors (Lipinski definition) is 0. The van der Waals surface area contributed by atoms with E-state index in [0.717, 1.165) is 4.90 Å². The van der Waals surface area contributed by atoms with Crippen LogP contribution < -0.4 is 4.90 Å². The van der Waals surface area contributed by atoms with Crippen LogP contribution in [0.25, 0.3) is 5.57 Å². The number of amides is 2. The Morgan fingerprint density at radius 1 is 0.913 bits per heavy atom. The summed E-state index contributed by atoms with van der Waals surface area (Å²) in [6.07, 6.45) is 0. The number of imide groups is 1. The third kappa shape index (κ3) is 2.49. The summed E-state index contributed by atoms with van der Waals surface area (Å²) in [6, 6.07) is 13.7. The molecule has 2 aromatic carbocycles. The molecule has 1 aliphatic rings. The average Bonchev–Trinajstić information content (AvgIpc) is 2.78. The molecule has 0 aliphatic carbocycles. The highest BCUT2D eigenvalue weighted by Crippen LogP contribution is 2.35. The fourth-order valence-corrected chi connectivity index (χ4v) is 2.59. The predicted molar refractivity (Wildman–Crippen MR) is 84.8 cm³/mol. The van der Waals surface area contributed by atoms with Gasteiger partial charge in [0.05, 0.1) is 16.2 Å². The number of nitro benzene ring substituents is 1. The van der Waals surface area contributed by atoms with Crippen LogP contribution in [0.5, 0.6) is 0 Å². The van der Waals surface area contributed by atoms with Crippen LogP contribution in [-0.4, -0.2) is 16.7 Å². The number of anilines is 1. The van der Waals surface area contributed by atoms with Gasteiger partial charge in [-0.05, 0) is 29.8 Å². The molecule has 2 amide bonds. The molecule has 6 nitrogen and oxygen atoms in total. The largest absolute Gasteiger partial charge is 0.277 e. The van der Waals surface area contributed by atoms with Gasteiger partial charge in [-0.15, -0.1) is 0 Å². The van der Waals surface area contributed by atoms with Crippen molar-refractivity contribution in [3.05, 3.63) is 75.3 Å². The van der Waals surface area contributed by atoms with Crippen molar-refractivity contribution < 1.29 is 14.5 Å². The van der Waals surface area contributed by atoms with Gasteiger partial charge in [0.2, 0.25) is 0 Å². The van der Waals surface area contributed by atoms with E-state index in [-0.39, 0.29) is 16.3 Å². The third-order valence-corrected chi connectivity index (χ3v) is 3.76. The van der Waals surface area contributed by atoms with Crippen molar-refractivity contribution in [1.29, 1.82) is 0 Å². The summed E-state index contributed by atoms with van der Waals surface area (Å²) in [7, 11) is 0. The number of carbonyl (C=O) groups excluding carboxylic acids is 2. The maximum Gasteiger partial charge on any atom is 0.277 e. The van der Waals surface area contributed by atoms with Crippen LogP contribution in [0.15, 0.2) is 59.6 Å². The second-order valence-corrected chi connectivity index (χ2v) is 5.15. The fourth-order valence-electron chi connectivity index (χ4n) is 2.31. The Morgan fingerprint density at radius 3 is 2.09 bits per heavy atom. The zero-order valence-corrected chi connectivity index (χ0v) is 12.4. The Labute approximate surface area is 135 Å². The van der Waals surface area contributed by atoms with Crippen LogP contribution in [0.1, 0.15) is 5.56 Å². The Hall–Kier alpha value is -2.99. The topological polar surface area (TPSA) is 80.5 Å². The molecule has 0 atom stereocenters. The number of non-ortho nitro benzene ring substituents is 1. The number of carbonyl (C=O) groups is 2. The number of para-hydroxylation sites is 1. The Balaban J connectivity index is 2.01. The van der Waals surface area contributed by atoms with Crippen molar-refractivity contribution in [3.8, 4) is 0 Å². The molecule has 114 valence electrons. The first-order valence-electron chi connectivity index (χ1n) is 6.59. The number of rotatable bonds is 3. The molecule has 0 spiro atoms. The predicted octanol–water partition coefficient (Wildman–Crippen LogP) is 3.12. The molecule has 0 N–H and O–H groups in total. The number of nitrogens with zero attached hydrogens (tertiary/aromatic N) is 2. The highest BCUT2D eigenvalue weighted by molar-refractivity contribution is 6.60. The van der Waals surface area contributed by atoms with Crippen LogP contribution in [0.4, 0.5) is 11.4 Å². The first kappa shape index (κ1) is 14.9. The molecule has 23 heavy (non-hydrogen) atoms. The van der Waals surface area contributed by atoms with Gasteiger partial charge in [0.15, 0.2) is 0 Å². The van der Waals surface area contributed by atoms with E-state index in [2.05, 4.69) is 0 Å².